The molecule has 0 N–H and O–H groups in total. The molecule has 0 saturated carbocycles. The summed E-state index contributed by atoms with van der Waals surface area (Å²) in [6, 6.07) is 7.48. The molecule has 1 spiro atoms. The lowest BCUT2D eigenvalue weighted by Gasteiger charge is -2.42. The fraction of sp³-hybridized carbons (Fsp3) is 0.548. The Bertz CT molecular complexity index is 1410. The number of likely N-dealkylation sites (tertiary alicyclic amines) is 1. The van der Waals surface area contributed by atoms with E-state index in [9.17, 15) is 18.8 Å². The summed E-state index contributed by atoms with van der Waals surface area (Å²) in [5.41, 5.74) is 4.20. The molecule has 2 aliphatic carbocycles. The highest BCUT2D eigenvalue weighted by Crippen LogP contribution is 2.49. The summed E-state index contributed by atoms with van der Waals surface area (Å²) in [4.78, 5) is 28.1. The number of rotatable bonds is 6. The van der Waals surface area contributed by atoms with Crippen LogP contribution in [0.15, 0.2) is 30.6 Å². The van der Waals surface area contributed by atoms with Crippen LogP contribution >= 0.6 is 0 Å². The van der Waals surface area contributed by atoms with Gasteiger partial charge < -0.3 is 19.4 Å². The standard InChI is InChI=1S/C31H36F2N6O2/c1-20(32)29(40)39-15-14-38(18-23(39)9-12-34)28-25-8-11-31(10-7-21-16-22(33)5-6-26(21)31)17-27(25)35-30(36-28)41-19-24-4-3-13-37(24)2/h5-6,16,23-24H,1,3-4,7-11,13-15,17-19H2,2H3/t23-,24-,31?/m0/s1. The molecule has 2 aliphatic heterocycles. The Kier molecular flexibility index (Phi) is 7.41. The van der Waals surface area contributed by atoms with Crippen LogP contribution in [0.3, 0.4) is 0 Å². The topological polar surface area (TPSA) is 85.6 Å². The number of nitrogens with zero attached hydrogens (tertiary/aromatic N) is 6. The molecule has 41 heavy (non-hydrogen) atoms. The smallest absolute Gasteiger partial charge is 0.318 e. The molecule has 2 fully saturated rings. The minimum absolute atomic E-state index is 0.0800. The van der Waals surface area contributed by atoms with Gasteiger partial charge in [0.1, 0.15) is 18.2 Å². The average Bonchev–Trinajstić information content (AvgIpc) is 3.53. The highest BCUT2D eigenvalue weighted by atomic mass is 19.1. The van der Waals surface area contributed by atoms with Crippen molar-refractivity contribution in [3.05, 3.63) is 58.8 Å². The van der Waals surface area contributed by atoms with Crippen molar-refractivity contribution in [1.82, 2.24) is 19.8 Å². The zero-order chi connectivity index (χ0) is 28.7. The SMILES string of the molecule is C=C(F)C(=O)N1CCN(c2nc(OC[C@@H]3CCCN3C)nc3c2CCC2(CCc4cc(F)ccc42)C3)C[C@@H]1CC#N. The van der Waals surface area contributed by atoms with Crippen molar-refractivity contribution in [2.45, 2.75) is 68.9 Å². The molecule has 10 heteroatoms. The van der Waals surface area contributed by atoms with Gasteiger partial charge >= 0.3 is 6.01 Å². The third-order valence-electron chi connectivity index (χ3n) is 9.60. The monoisotopic (exact) mass is 562 g/mol. The summed E-state index contributed by atoms with van der Waals surface area (Å²) in [6.07, 6.45) is 6.47. The molecule has 1 unspecified atom stereocenters. The number of hydrogen-bond acceptors (Lipinski definition) is 7. The van der Waals surface area contributed by atoms with Crippen molar-refractivity contribution in [1.29, 1.82) is 5.26 Å². The molecule has 1 aromatic carbocycles. The van der Waals surface area contributed by atoms with E-state index in [0.717, 1.165) is 74.1 Å². The van der Waals surface area contributed by atoms with E-state index >= 15 is 0 Å². The Balaban J connectivity index is 1.33. The number of carbonyl (C=O) groups is 1. The Morgan fingerprint density at radius 1 is 1.22 bits per heavy atom. The van der Waals surface area contributed by atoms with Gasteiger partial charge in [-0.1, -0.05) is 12.6 Å². The van der Waals surface area contributed by atoms with Crippen LogP contribution in [0.5, 0.6) is 6.01 Å². The van der Waals surface area contributed by atoms with Crippen LogP contribution < -0.4 is 9.64 Å². The molecule has 0 radical (unpaired) electrons. The van der Waals surface area contributed by atoms with Gasteiger partial charge in [-0.3, -0.25) is 4.79 Å². The first-order valence-corrected chi connectivity index (χ1v) is 14.6. The van der Waals surface area contributed by atoms with E-state index in [4.69, 9.17) is 14.7 Å². The number of aromatic nitrogens is 2. The summed E-state index contributed by atoms with van der Waals surface area (Å²) >= 11 is 0. The Morgan fingerprint density at radius 3 is 2.80 bits per heavy atom. The molecular formula is C31H36F2N6O2. The second kappa shape index (κ2) is 11.0. The Labute approximate surface area is 239 Å². The van der Waals surface area contributed by atoms with Crippen molar-refractivity contribution >= 4 is 11.7 Å². The van der Waals surface area contributed by atoms with E-state index in [1.165, 1.54) is 10.5 Å². The van der Waals surface area contributed by atoms with Gasteiger partial charge in [-0.15, -0.1) is 0 Å². The summed E-state index contributed by atoms with van der Waals surface area (Å²) in [5.74, 6) is -1.21. The largest absolute Gasteiger partial charge is 0.462 e. The number of likely N-dealkylation sites (N-methyl/N-ethyl adjacent to an activating group) is 1. The van der Waals surface area contributed by atoms with Crippen LogP contribution in [0.4, 0.5) is 14.6 Å². The summed E-state index contributed by atoms with van der Waals surface area (Å²) in [7, 11) is 2.10. The van der Waals surface area contributed by atoms with E-state index < -0.39 is 17.8 Å². The average molecular weight is 563 g/mol. The van der Waals surface area contributed by atoms with Gasteiger partial charge in [0.2, 0.25) is 0 Å². The van der Waals surface area contributed by atoms with Crippen LogP contribution in [0.2, 0.25) is 0 Å². The number of hydrogen-bond donors (Lipinski definition) is 0. The third-order valence-corrected chi connectivity index (χ3v) is 9.60. The minimum Gasteiger partial charge on any atom is -0.462 e. The van der Waals surface area contributed by atoms with Crippen molar-refractivity contribution in [3.8, 4) is 12.1 Å². The van der Waals surface area contributed by atoms with Crippen molar-refractivity contribution in [2.75, 3.05) is 44.7 Å². The molecule has 0 bridgehead atoms. The number of anilines is 1. The van der Waals surface area contributed by atoms with Crippen molar-refractivity contribution < 1.29 is 18.3 Å². The molecular weight excluding hydrogens is 526 g/mol. The third kappa shape index (κ3) is 5.16. The number of carbonyl (C=O) groups excluding carboxylic acids is 1. The molecule has 1 amide bonds. The van der Waals surface area contributed by atoms with Gasteiger partial charge in [0.05, 0.1) is 24.2 Å². The highest BCUT2D eigenvalue weighted by molar-refractivity contribution is 5.91. The highest BCUT2D eigenvalue weighted by Gasteiger charge is 2.44. The first kappa shape index (κ1) is 27.6. The summed E-state index contributed by atoms with van der Waals surface area (Å²) in [5, 5.41) is 9.46. The normalized spacial score (nSPS) is 25.6. The lowest BCUT2D eigenvalue weighted by Crippen LogP contribution is -2.55. The number of fused-ring (bicyclic) bond motifs is 3. The molecule has 1 aromatic heterocycles. The molecule has 3 atom stereocenters. The van der Waals surface area contributed by atoms with Gasteiger partial charge in [0.15, 0.2) is 5.83 Å². The predicted octanol–water partition coefficient (Wildman–Crippen LogP) is 3.88. The van der Waals surface area contributed by atoms with Gasteiger partial charge in [0.25, 0.3) is 5.91 Å². The van der Waals surface area contributed by atoms with Gasteiger partial charge in [-0.05, 0) is 81.8 Å². The van der Waals surface area contributed by atoms with E-state index in [2.05, 4.69) is 29.5 Å². The molecule has 2 saturated heterocycles. The molecule has 2 aromatic rings. The Morgan fingerprint density at radius 2 is 2.05 bits per heavy atom. The van der Waals surface area contributed by atoms with Crippen LogP contribution in [-0.2, 0) is 29.5 Å². The van der Waals surface area contributed by atoms with E-state index in [1.54, 1.807) is 12.1 Å². The quantitative estimate of drug-likeness (QED) is 0.494. The lowest BCUT2D eigenvalue weighted by molar-refractivity contribution is -0.131. The fourth-order valence-corrected chi connectivity index (χ4v) is 7.35. The van der Waals surface area contributed by atoms with Crippen LogP contribution in [0.25, 0.3) is 0 Å². The molecule has 4 aliphatic rings. The number of nitriles is 1. The number of ether oxygens (including phenoxy) is 1. The van der Waals surface area contributed by atoms with Crippen LogP contribution in [0, 0.1) is 17.1 Å². The zero-order valence-corrected chi connectivity index (χ0v) is 23.5. The van der Waals surface area contributed by atoms with Crippen LogP contribution in [0.1, 0.15) is 54.5 Å². The number of amides is 1. The van der Waals surface area contributed by atoms with Gasteiger partial charge in [-0.2, -0.15) is 15.2 Å². The molecule has 6 rings (SSSR count). The Hall–Kier alpha value is -3.58. The minimum atomic E-state index is -1.02. The first-order valence-electron chi connectivity index (χ1n) is 14.6. The van der Waals surface area contributed by atoms with Crippen molar-refractivity contribution in [3.63, 3.8) is 0 Å². The van der Waals surface area contributed by atoms with Gasteiger partial charge in [0, 0.05) is 36.7 Å². The van der Waals surface area contributed by atoms with Crippen molar-refractivity contribution in [2.24, 2.45) is 0 Å². The number of aryl methyl sites for hydroxylation is 1. The van der Waals surface area contributed by atoms with E-state index in [1.807, 2.05) is 6.07 Å². The second-order valence-corrected chi connectivity index (χ2v) is 12.0. The van der Waals surface area contributed by atoms with Gasteiger partial charge in [-0.25, -0.2) is 8.78 Å². The maximum absolute atomic E-state index is 14.0. The van der Waals surface area contributed by atoms with E-state index in [0.29, 0.717) is 31.7 Å². The maximum atomic E-state index is 14.0. The molecule has 3 heterocycles. The summed E-state index contributed by atoms with van der Waals surface area (Å²) in [6.45, 7) is 5.78. The maximum Gasteiger partial charge on any atom is 0.318 e. The predicted molar refractivity (Wildman–Crippen MR) is 150 cm³/mol. The molecule has 8 nitrogen and oxygen atoms in total. The fourth-order valence-electron chi connectivity index (χ4n) is 7.35. The van der Waals surface area contributed by atoms with E-state index in [-0.39, 0.29) is 24.2 Å². The second-order valence-electron chi connectivity index (χ2n) is 12.0. The number of benzene rings is 1. The number of piperazine rings is 1. The lowest BCUT2D eigenvalue weighted by atomic mass is 9.69. The zero-order valence-electron chi connectivity index (χ0n) is 23.5. The van der Waals surface area contributed by atoms with Crippen LogP contribution in [-0.4, -0.2) is 77.6 Å². The molecule has 216 valence electrons. The number of halogens is 2. The first-order chi connectivity index (χ1) is 19.8. The summed E-state index contributed by atoms with van der Waals surface area (Å²) < 4.78 is 34.0.